The van der Waals surface area contributed by atoms with E-state index in [0.29, 0.717) is 50.1 Å². The number of nitrogens with zero attached hydrogens (tertiary/aromatic N) is 4. The second-order valence-electron chi connectivity index (χ2n) is 8.88. The van der Waals surface area contributed by atoms with Crippen LogP contribution in [0.2, 0.25) is 0 Å². The number of anilines is 1. The predicted molar refractivity (Wildman–Crippen MR) is 136 cm³/mol. The highest BCUT2D eigenvalue weighted by Crippen LogP contribution is 2.32. The lowest BCUT2D eigenvalue weighted by Crippen LogP contribution is -2.38. The fourth-order valence-corrected chi connectivity index (χ4v) is 4.26. The zero-order chi connectivity index (χ0) is 24.9. The quantitative estimate of drug-likeness (QED) is 0.364. The SMILES string of the molecule is CN(Cc1ccccc1)c1nc2c(c(Oc3ccc(F)cc3)n1)CN(C(=O)Cc1ccccc1)CC2. The number of hydrogen-bond donors (Lipinski definition) is 0. The fourth-order valence-electron chi connectivity index (χ4n) is 4.26. The van der Waals surface area contributed by atoms with Crippen LogP contribution in [-0.2, 0) is 30.7 Å². The second-order valence-corrected chi connectivity index (χ2v) is 8.88. The van der Waals surface area contributed by atoms with Crippen molar-refractivity contribution in [2.24, 2.45) is 0 Å². The molecule has 0 fully saturated rings. The van der Waals surface area contributed by atoms with Gasteiger partial charge in [0.1, 0.15) is 11.6 Å². The molecule has 2 heterocycles. The standard InChI is InChI=1S/C29H27FN4O2/c1-33(19-22-10-6-3-7-11-22)29-31-26-16-17-34(27(35)18-21-8-4-2-5-9-21)20-25(26)28(32-29)36-24-14-12-23(30)13-15-24/h2-15H,16-20H2,1H3. The van der Waals surface area contributed by atoms with Crippen molar-refractivity contribution >= 4 is 11.9 Å². The summed E-state index contributed by atoms with van der Waals surface area (Å²) in [5.41, 5.74) is 3.76. The minimum atomic E-state index is -0.340. The minimum absolute atomic E-state index is 0.0462. The Labute approximate surface area is 210 Å². The van der Waals surface area contributed by atoms with Crippen LogP contribution < -0.4 is 9.64 Å². The average molecular weight is 483 g/mol. The predicted octanol–water partition coefficient (Wildman–Crippen LogP) is 5.17. The second kappa shape index (κ2) is 10.6. The number of carbonyl (C=O) groups is 1. The van der Waals surface area contributed by atoms with E-state index in [4.69, 9.17) is 14.7 Å². The van der Waals surface area contributed by atoms with Crippen molar-refractivity contribution in [3.05, 3.63) is 113 Å². The molecule has 0 spiro atoms. The van der Waals surface area contributed by atoms with Crippen LogP contribution in [0.25, 0.3) is 0 Å². The summed E-state index contributed by atoms with van der Waals surface area (Å²) in [7, 11) is 1.94. The molecule has 36 heavy (non-hydrogen) atoms. The van der Waals surface area contributed by atoms with Gasteiger partial charge >= 0.3 is 0 Å². The van der Waals surface area contributed by atoms with E-state index < -0.39 is 0 Å². The Morgan fingerprint density at radius 3 is 2.31 bits per heavy atom. The summed E-state index contributed by atoms with van der Waals surface area (Å²) in [4.78, 5) is 26.4. The molecule has 1 aliphatic rings. The molecule has 0 atom stereocenters. The maximum Gasteiger partial charge on any atom is 0.229 e. The lowest BCUT2D eigenvalue weighted by atomic mass is 10.0. The molecule has 0 saturated carbocycles. The maximum absolute atomic E-state index is 13.5. The van der Waals surface area contributed by atoms with Crippen LogP contribution in [0.1, 0.15) is 22.4 Å². The summed E-state index contributed by atoms with van der Waals surface area (Å²) in [5.74, 6) is 1.11. The molecule has 0 N–H and O–H groups in total. The number of carbonyl (C=O) groups excluding carboxylic acids is 1. The lowest BCUT2D eigenvalue weighted by molar-refractivity contribution is -0.131. The third-order valence-electron chi connectivity index (χ3n) is 6.19. The molecule has 0 unspecified atom stereocenters. The number of rotatable bonds is 7. The fraction of sp³-hybridized carbons (Fsp3) is 0.207. The van der Waals surface area contributed by atoms with Gasteiger partial charge in [0.05, 0.1) is 24.2 Å². The zero-order valence-electron chi connectivity index (χ0n) is 20.1. The summed E-state index contributed by atoms with van der Waals surface area (Å²) in [6.07, 6.45) is 0.938. The van der Waals surface area contributed by atoms with Gasteiger partial charge < -0.3 is 14.5 Å². The maximum atomic E-state index is 13.5. The van der Waals surface area contributed by atoms with E-state index in [0.717, 1.165) is 22.4 Å². The van der Waals surface area contributed by atoms with Crippen molar-refractivity contribution in [3.8, 4) is 11.6 Å². The number of fused-ring (bicyclic) bond motifs is 1. The molecule has 1 amide bonds. The normalized spacial score (nSPS) is 12.7. The van der Waals surface area contributed by atoms with Crippen LogP contribution in [0.3, 0.4) is 0 Å². The van der Waals surface area contributed by atoms with Gasteiger partial charge in [-0.2, -0.15) is 4.98 Å². The molecule has 0 bridgehead atoms. The van der Waals surface area contributed by atoms with E-state index >= 15 is 0 Å². The first-order chi connectivity index (χ1) is 17.5. The topological polar surface area (TPSA) is 58.6 Å². The monoisotopic (exact) mass is 482 g/mol. The Balaban J connectivity index is 1.43. The van der Waals surface area contributed by atoms with Gasteiger partial charge in [0.15, 0.2) is 0 Å². The highest BCUT2D eigenvalue weighted by Gasteiger charge is 2.27. The third kappa shape index (κ3) is 5.51. The largest absolute Gasteiger partial charge is 0.438 e. The molecule has 1 aliphatic heterocycles. The number of halogens is 1. The van der Waals surface area contributed by atoms with Crippen molar-refractivity contribution in [1.29, 1.82) is 0 Å². The number of hydrogen-bond acceptors (Lipinski definition) is 5. The highest BCUT2D eigenvalue weighted by molar-refractivity contribution is 5.79. The van der Waals surface area contributed by atoms with Crippen LogP contribution in [0.4, 0.5) is 10.3 Å². The smallest absolute Gasteiger partial charge is 0.229 e. The minimum Gasteiger partial charge on any atom is -0.438 e. The first-order valence-electron chi connectivity index (χ1n) is 11.9. The molecule has 4 aromatic rings. The van der Waals surface area contributed by atoms with Gasteiger partial charge in [-0.25, -0.2) is 9.37 Å². The number of benzene rings is 3. The summed E-state index contributed by atoms with van der Waals surface area (Å²) in [5, 5.41) is 0. The van der Waals surface area contributed by atoms with Gasteiger partial charge in [0.25, 0.3) is 0 Å². The van der Waals surface area contributed by atoms with E-state index in [1.54, 1.807) is 12.1 Å². The molecular formula is C29H27FN4O2. The summed E-state index contributed by atoms with van der Waals surface area (Å²) in [6.45, 7) is 1.57. The molecule has 6 nitrogen and oxygen atoms in total. The van der Waals surface area contributed by atoms with E-state index in [1.807, 2.05) is 65.4 Å². The van der Waals surface area contributed by atoms with Crippen LogP contribution >= 0.6 is 0 Å². The molecular weight excluding hydrogens is 455 g/mol. The summed E-state index contributed by atoms with van der Waals surface area (Å²) >= 11 is 0. The van der Waals surface area contributed by atoms with Gasteiger partial charge in [-0.1, -0.05) is 60.7 Å². The van der Waals surface area contributed by atoms with Crippen molar-refractivity contribution in [2.75, 3.05) is 18.5 Å². The Hall–Kier alpha value is -4.26. The molecule has 5 rings (SSSR count). The van der Waals surface area contributed by atoms with Crippen molar-refractivity contribution in [1.82, 2.24) is 14.9 Å². The van der Waals surface area contributed by atoms with E-state index in [9.17, 15) is 9.18 Å². The van der Waals surface area contributed by atoms with Gasteiger partial charge in [-0.05, 0) is 35.4 Å². The first-order valence-corrected chi connectivity index (χ1v) is 11.9. The molecule has 1 aromatic heterocycles. The third-order valence-corrected chi connectivity index (χ3v) is 6.19. The number of amides is 1. The van der Waals surface area contributed by atoms with E-state index in [1.165, 1.54) is 12.1 Å². The Kier molecular flexibility index (Phi) is 6.89. The Morgan fingerprint density at radius 2 is 1.61 bits per heavy atom. The van der Waals surface area contributed by atoms with E-state index in [-0.39, 0.29) is 11.7 Å². The van der Waals surface area contributed by atoms with Crippen molar-refractivity contribution < 1.29 is 13.9 Å². The molecule has 0 aliphatic carbocycles. The average Bonchev–Trinajstić information content (AvgIpc) is 2.91. The van der Waals surface area contributed by atoms with E-state index in [2.05, 4.69) is 12.1 Å². The first kappa shape index (κ1) is 23.5. The lowest BCUT2D eigenvalue weighted by Gasteiger charge is -2.30. The summed E-state index contributed by atoms with van der Waals surface area (Å²) < 4.78 is 19.6. The van der Waals surface area contributed by atoms with Crippen molar-refractivity contribution in [2.45, 2.75) is 25.9 Å². The molecule has 0 radical (unpaired) electrons. The summed E-state index contributed by atoms with van der Waals surface area (Å²) in [6, 6.07) is 25.6. The molecule has 7 heteroatoms. The van der Waals surface area contributed by atoms with Crippen LogP contribution in [0.15, 0.2) is 84.9 Å². The van der Waals surface area contributed by atoms with Crippen LogP contribution in [-0.4, -0.2) is 34.4 Å². The Morgan fingerprint density at radius 1 is 0.944 bits per heavy atom. The Bertz CT molecular complexity index is 1330. The molecule has 3 aromatic carbocycles. The van der Waals surface area contributed by atoms with Gasteiger partial charge in [-0.3, -0.25) is 4.79 Å². The van der Waals surface area contributed by atoms with Crippen molar-refractivity contribution in [3.63, 3.8) is 0 Å². The van der Waals surface area contributed by atoms with Gasteiger partial charge in [-0.15, -0.1) is 0 Å². The van der Waals surface area contributed by atoms with Crippen LogP contribution in [0, 0.1) is 5.82 Å². The van der Waals surface area contributed by atoms with Crippen LogP contribution in [0.5, 0.6) is 11.6 Å². The highest BCUT2D eigenvalue weighted by atomic mass is 19.1. The molecule has 182 valence electrons. The zero-order valence-corrected chi connectivity index (χ0v) is 20.1. The van der Waals surface area contributed by atoms with Gasteiger partial charge in [0.2, 0.25) is 17.7 Å². The number of aromatic nitrogens is 2. The van der Waals surface area contributed by atoms with Gasteiger partial charge in [0, 0.05) is 26.6 Å². The molecule has 0 saturated heterocycles. The number of ether oxygens (including phenoxy) is 1.